The number of hydrogen-bond acceptors (Lipinski definition) is 5. The van der Waals surface area contributed by atoms with Gasteiger partial charge in [0.2, 0.25) is 11.8 Å². The third-order valence-corrected chi connectivity index (χ3v) is 5.19. The fraction of sp³-hybridized carbons (Fsp3) is 0.706. The predicted octanol–water partition coefficient (Wildman–Crippen LogP) is 0.617. The summed E-state index contributed by atoms with van der Waals surface area (Å²) in [4.78, 5) is 39.3. The molecule has 2 heterocycles. The molecule has 1 saturated heterocycles. The highest BCUT2D eigenvalue weighted by Gasteiger charge is 2.25. The van der Waals surface area contributed by atoms with E-state index in [1.165, 1.54) is 23.7 Å². The Kier molecular flexibility index (Phi) is 5.85. The first-order valence-corrected chi connectivity index (χ1v) is 9.22. The smallest absolute Gasteiger partial charge is 0.358 e. The van der Waals surface area contributed by atoms with Gasteiger partial charge in [-0.05, 0) is 25.2 Å². The van der Waals surface area contributed by atoms with E-state index in [-0.39, 0.29) is 24.1 Å². The lowest BCUT2D eigenvalue weighted by atomic mass is 10.0. The lowest BCUT2D eigenvalue weighted by Crippen LogP contribution is -2.39. The number of carboxylic acid groups (broad SMARTS) is 1. The minimum absolute atomic E-state index is 0.0453. The molecule has 2 fully saturated rings. The van der Waals surface area contributed by atoms with Crippen molar-refractivity contribution >= 4 is 17.8 Å². The van der Waals surface area contributed by atoms with Crippen LogP contribution in [0.2, 0.25) is 0 Å². The molecule has 9 heteroatoms. The third kappa shape index (κ3) is 4.59. The standard InChI is InChI=1S/C17H25N5O4/c23-15(10-13-4-1-2-5-13)20-6-3-7-21(9-8-20)16(24)12-22-11-14(17(25)26)18-19-22/h11,13H,1-10,12H2,(H,25,26). The molecule has 0 aromatic carbocycles. The summed E-state index contributed by atoms with van der Waals surface area (Å²) in [6.07, 6.45) is 7.39. The van der Waals surface area contributed by atoms with E-state index in [1.54, 1.807) is 4.90 Å². The van der Waals surface area contributed by atoms with Crippen molar-refractivity contribution in [1.29, 1.82) is 0 Å². The van der Waals surface area contributed by atoms with Crippen LogP contribution in [0.5, 0.6) is 0 Å². The van der Waals surface area contributed by atoms with Crippen molar-refractivity contribution in [2.45, 2.75) is 45.1 Å². The Morgan fingerprint density at radius 2 is 1.65 bits per heavy atom. The zero-order valence-electron chi connectivity index (χ0n) is 14.8. The summed E-state index contributed by atoms with van der Waals surface area (Å²) in [5.41, 5.74) is -0.183. The molecule has 26 heavy (non-hydrogen) atoms. The molecule has 0 bridgehead atoms. The quantitative estimate of drug-likeness (QED) is 0.821. The maximum Gasteiger partial charge on any atom is 0.358 e. The summed E-state index contributed by atoms with van der Waals surface area (Å²) in [5.74, 6) is -0.584. The van der Waals surface area contributed by atoms with Crippen molar-refractivity contribution in [2.75, 3.05) is 26.2 Å². The van der Waals surface area contributed by atoms with Gasteiger partial charge in [-0.2, -0.15) is 0 Å². The molecule has 2 aliphatic rings. The number of rotatable bonds is 5. The van der Waals surface area contributed by atoms with Gasteiger partial charge in [0.15, 0.2) is 5.69 Å². The van der Waals surface area contributed by atoms with Crippen LogP contribution in [0.3, 0.4) is 0 Å². The highest BCUT2D eigenvalue weighted by Crippen LogP contribution is 2.28. The summed E-state index contributed by atoms with van der Waals surface area (Å²) in [7, 11) is 0. The highest BCUT2D eigenvalue weighted by molar-refractivity contribution is 5.84. The lowest BCUT2D eigenvalue weighted by Gasteiger charge is -2.23. The molecule has 0 spiro atoms. The second kappa shape index (κ2) is 8.29. The Morgan fingerprint density at radius 3 is 2.27 bits per heavy atom. The average Bonchev–Trinajstić information content (AvgIpc) is 3.21. The van der Waals surface area contributed by atoms with Gasteiger partial charge in [0.05, 0.1) is 6.20 Å². The molecule has 1 aromatic heterocycles. The molecule has 0 atom stereocenters. The summed E-state index contributed by atoms with van der Waals surface area (Å²) in [6, 6.07) is 0. The van der Waals surface area contributed by atoms with E-state index >= 15 is 0 Å². The van der Waals surface area contributed by atoms with Crippen molar-refractivity contribution in [3.8, 4) is 0 Å². The molecular weight excluding hydrogens is 338 g/mol. The Balaban J connectivity index is 1.49. The molecule has 1 N–H and O–H groups in total. The first-order chi connectivity index (χ1) is 12.5. The molecule has 3 rings (SSSR count). The molecule has 0 unspecified atom stereocenters. The van der Waals surface area contributed by atoms with Crippen molar-refractivity contribution in [3.05, 3.63) is 11.9 Å². The van der Waals surface area contributed by atoms with Gasteiger partial charge in [0.1, 0.15) is 6.54 Å². The summed E-state index contributed by atoms with van der Waals surface area (Å²) in [5, 5.41) is 16.0. The number of carboxylic acids is 1. The number of amides is 2. The van der Waals surface area contributed by atoms with Gasteiger partial charge in [-0.25, -0.2) is 9.48 Å². The predicted molar refractivity (Wildman–Crippen MR) is 91.3 cm³/mol. The van der Waals surface area contributed by atoms with E-state index in [0.29, 0.717) is 38.5 Å². The van der Waals surface area contributed by atoms with Crippen LogP contribution in [0.15, 0.2) is 6.20 Å². The maximum absolute atomic E-state index is 12.5. The van der Waals surface area contributed by atoms with Crippen molar-refractivity contribution < 1.29 is 19.5 Å². The molecule has 1 aliphatic carbocycles. The van der Waals surface area contributed by atoms with Crippen LogP contribution in [0, 0.1) is 5.92 Å². The van der Waals surface area contributed by atoms with Crippen molar-refractivity contribution in [2.24, 2.45) is 5.92 Å². The van der Waals surface area contributed by atoms with E-state index in [2.05, 4.69) is 10.3 Å². The Labute approximate surface area is 151 Å². The van der Waals surface area contributed by atoms with E-state index < -0.39 is 5.97 Å². The fourth-order valence-electron chi connectivity index (χ4n) is 3.72. The van der Waals surface area contributed by atoms with E-state index in [0.717, 1.165) is 19.3 Å². The second-order valence-electron chi connectivity index (χ2n) is 7.08. The minimum Gasteiger partial charge on any atom is -0.476 e. The SMILES string of the molecule is O=C(O)c1cn(CC(=O)N2CCCN(C(=O)CC3CCCC3)CC2)nn1. The highest BCUT2D eigenvalue weighted by atomic mass is 16.4. The van der Waals surface area contributed by atoms with Crippen LogP contribution in [0.1, 0.15) is 49.0 Å². The minimum atomic E-state index is -1.17. The molecule has 0 radical (unpaired) electrons. The Hall–Kier alpha value is -2.45. The molecule has 142 valence electrons. The molecule has 1 saturated carbocycles. The number of hydrogen-bond donors (Lipinski definition) is 1. The topological polar surface area (TPSA) is 109 Å². The van der Waals surface area contributed by atoms with Gasteiger partial charge in [-0.15, -0.1) is 5.10 Å². The van der Waals surface area contributed by atoms with Crippen molar-refractivity contribution in [1.82, 2.24) is 24.8 Å². The van der Waals surface area contributed by atoms with Crippen LogP contribution in [0.4, 0.5) is 0 Å². The normalized spacial score (nSPS) is 18.8. The summed E-state index contributed by atoms with van der Waals surface area (Å²) in [6.45, 7) is 2.27. The van der Waals surface area contributed by atoms with Crippen LogP contribution in [-0.4, -0.2) is 73.9 Å². The fourth-order valence-corrected chi connectivity index (χ4v) is 3.72. The first kappa shape index (κ1) is 18.3. The van der Waals surface area contributed by atoms with Crippen LogP contribution in [0.25, 0.3) is 0 Å². The molecule has 1 aliphatic heterocycles. The van der Waals surface area contributed by atoms with E-state index in [4.69, 9.17) is 5.11 Å². The number of nitrogens with zero attached hydrogens (tertiary/aromatic N) is 5. The van der Waals surface area contributed by atoms with E-state index in [1.807, 2.05) is 4.90 Å². The van der Waals surface area contributed by atoms with Crippen LogP contribution < -0.4 is 0 Å². The third-order valence-electron chi connectivity index (χ3n) is 5.19. The summed E-state index contributed by atoms with van der Waals surface area (Å²) < 4.78 is 1.24. The largest absolute Gasteiger partial charge is 0.476 e. The maximum atomic E-state index is 12.5. The Morgan fingerprint density at radius 1 is 1.00 bits per heavy atom. The number of carbonyl (C=O) groups excluding carboxylic acids is 2. The Bertz CT molecular complexity index is 668. The molecular formula is C17H25N5O4. The summed E-state index contributed by atoms with van der Waals surface area (Å²) >= 11 is 0. The monoisotopic (exact) mass is 363 g/mol. The molecule has 2 amide bonds. The number of carbonyl (C=O) groups is 3. The molecule has 1 aromatic rings. The second-order valence-corrected chi connectivity index (χ2v) is 7.08. The lowest BCUT2D eigenvalue weighted by molar-refractivity contribution is -0.134. The zero-order valence-corrected chi connectivity index (χ0v) is 14.8. The van der Waals surface area contributed by atoms with E-state index in [9.17, 15) is 14.4 Å². The van der Waals surface area contributed by atoms with Crippen molar-refractivity contribution in [3.63, 3.8) is 0 Å². The first-order valence-electron chi connectivity index (χ1n) is 9.22. The van der Waals surface area contributed by atoms with Crippen LogP contribution >= 0.6 is 0 Å². The average molecular weight is 363 g/mol. The van der Waals surface area contributed by atoms with Gasteiger partial charge in [-0.1, -0.05) is 18.1 Å². The van der Waals surface area contributed by atoms with Gasteiger partial charge >= 0.3 is 5.97 Å². The number of aromatic nitrogens is 3. The van der Waals surface area contributed by atoms with Gasteiger partial charge in [-0.3, -0.25) is 9.59 Å². The van der Waals surface area contributed by atoms with Gasteiger partial charge < -0.3 is 14.9 Å². The zero-order chi connectivity index (χ0) is 18.5. The van der Waals surface area contributed by atoms with Gasteiger partial charge in [0, 0.05) is 32.6 Å². The number of aromatic carboxylic acids is 1. The van der Waals surface area contributed by atoms with Crippen LogP contribution in [-0.2, 0) is 16.1 Å². The molecule has 9 nitrogen and oxygen atoms in total. The van der Waals surface area contributed by atoms with Gasteiger partial charge in [0.25, 0.3) is 0 Å².